The Morgan fingerprint density at radius 3 is 2.91 bits per heavy atom. The average Bonchev–Trinajstić information content (AvgIpc) is 2.47. The van der Waals surface area contributed by atoms with Crippen LogP contribution in [0.4, 0.5) is 0 Å². The molecule has 2 unspecified atom stereocenters. The second kappa shape index (κ2) is 8.32. The Hall–Kier alpha value is -1.36. The number of fused-ring (bicyclic) bond motifs is 1. The van der Waals surface area contributed by atoms with E-state index in [0.29, 0.717) is 11.6 Å². The SMILES string of the molecule is CC1CC(NC(=O)c2ccc3ncccc3c2)CCN1.Cl.Cl. The number of carbonyl (C=O) groups excluding carboxylic acids is 1. The number of halogens is 2. The van der Waals surface area contributed by atoms with Crippen LogP contribution in [0.3, 0.4) is 0 Å². The lowest BCUT2D eigenvalue weighted by molar-refractivity contribution is 0.0926. The maximum absolute atomic E-state index is 12.3. The summed E-state index contributed by atoms with van der Waals surface area (Å²) in [5, 5.41) is 7.52. The molecule has 1 fully saturated rings. The van der Waals surface area contributed by atoms with Crippen molar-refractivity contribution in [2.75, 3.05) is 6.54 Å². The zero-order valence-corrected chi connectivity index (χ0v) is 14.0. The van der Waals surface area contributed by atoms with Crippen LogP contribution in [0, 0.1) is 0 Å². The Kier molecular flexibility index (Phi) is 7.07. The van der Waals surface area contributed by atoms with Crippen LogP contribution in [0.2, 0.25) is 0 Å². The van der Waals surface area contributed by atoms with Crippen LogP contribution in [0.5, 0.6) is 0 Å². The number of pyridine rings is 1. The number of nitrogens with one attached hydrogen (secondary N) is 2. The second-order valence-electron chi connectivity index (χ2n) is 5.46. The highest BCUT2D eigenvalue weighted by atomic mass is 35.5. The van der Waals surface area contributed by atoms with Crippen LogP contribution in [-0.2, 0) is 0 Å². The van der Waals surface area contributed by atoms with Crippen LogP contribution in [-0.4, -0.2) is 29.5 Å². The van der Waals surface area contributed by atoms with E-state index in [1.807, 2.05) is 30.3 Å². The van der Waals surface area contributed by atoms with Crippen LogP contribution in [0.1, 0.15) is 30.1 Å². The van der Waals surface area contributed by atoms with E-state index in [4.69, 9.17) is 0 Å². The van der Waals surface area contributed by atoms with Crippen molar-refractivity contribution in [2.45, 2.75) is 31.8 Å². The molecule has 0 saturated carbocycles. The normalized spacial score (nSPS) is 20.6. The third kappa shape index (κ3) is 4.32. The molecule has 0 radical (unpaired) electrons. The van der Waals surface area contributed by atoms with Crippen molar-refractivity contribution in [3.05, 3.63) is 42.1 Å². The summed E-state index contributed by atoms with van der Waals surface area (Å²) in [5.74, 6) is 0.00912. The third-order valence-electron chi connectivity index (χ3n) is 3.82. The first-order valence-corrected chi connectivity index (χ1v) is 7.11. The van der Waals surface area contributed by atoms with E-state index in [0.717, 1.165) is 30.3 Å². The molecule has 0 aliphatic carbocycles. The molecule has 1 aromatic heterocycles. The summed E-state index contributed by atoms with van der Waals surface area (Å²) < 4.78 is 0. The predicted molar refractivity (Wildman–Crippen MR) is 94.2 cm³/mol. The lowest BCUT2D eigenvalue weighted by atomic mass is 10.00. The summed E-state index contributed by atoms with van der Waals surface area (Å²) >= 11 is 0. The van der Waals surface area contributed by atoms with Crippen LogP contribution in [0.15, 0.2) is 36.5 Å². The molecule has 2 atom stereocenters. The molecule has 1 aliphatic heterocycles. The van der Waals surface area contributed by atoms with E-state index in [9.17, 15) is 4.79 Å². The summed E-state index contributed by atoms with van der Waals surface area (Å²) in [6.45, 7) is 3.12. The van der Waals surface area contributed by atoms with E-state index >= 15 is 0 Å². The van der Waals surface area contributed by atoms with E-state index in [1.165, 1.54) is 0 Å². The summed E-state index contributed by atoms with van der Waals surface area (Å²) in [5.41, 5.74) is 1.62. The fourth-order valence-electron chi connectivity index (χ4n) is 2.75. The maximum Gasteiger partial charge on any atom is 0.251 e. The largest absolute Gasteiger partial charge is 0.349 e. The second-order valence-corrected chi connectivity index (χ2v) is 5.46. The van der Waals surface area contributed by atoms with Gasteiger partial charge in [-0.25, -0.2) is 0 Å². The first kappa shape index (κ1) is 18.7. The van der Waals surface area contributed by atoms with Gasteiger partial charge in [-0.15, -0.1) is 24.8 Å². The average molecular weight is 342 g/mol. The Morgan fingerprint density at radius 2 is 2.14 bits per heavy atom. The lowest BCUT2D eigenvalue weighted by Gasteiger charge is -2.28. The summed E-state index contributed by atoms with van der Waals surface area (Å²) in [6, 6.07) is 10.2. The van der Waals surface area contributed by atoms with E-state index in [1.54, 1.807) is 6.20 Å². The molecule has 22 heavy (non-hydrogen) atoms. The smallest absolute Gasteiger partial charge is 0.251 e. The van der Waals surface area contributed by atoms with Gasteiger partial charge in [-0.2, -0.15) is 0 Å². The van der Waals surface area contributed by atoms with Gasteiger partial charge in [-0.1, -0.05) is 6.07 Å². The van der Waals surface area contributed by atoms with Gasteiger partial charge in [-0.3, -0.25) is 9.78 Å². The third-order valence-corrected chi connectivity index (χ3v) is 3.82. The fourth-order valence-corrected chi connectivity index (χ4v) is 2.75. The zero-order valence-electron chi connectivity index (χ0n) is 12.4. The molecule has 0 bridgehead atoms. The molecule has 1 aromatic carbocycles. The van der Waals surface area contributed by atoms with Gasteiger partial charge in [0.05, 0.1) is 5.52 Å². The highest BCUT2D eigenvalue weighted by molar-refractivity contribution is 5.98. The maximum atomic E-state index is 12.3. The van der Waals surface area contributed by atoms with Crippen molar-refractivity contribution >= 4 is 41.6 Å². The number of rotatable bonds is 2. The topological polar surface area (TPSA) is 54.0 Å². The van der Waals surface area contributed by atoms with Gasteiger partial charge < -0.3 is 10.6 Å². The summed E-state index contributed by atoms with van der Waals surface area (Å²) in [6.07, 6.45) is 3.74. The lowest BCUT2D eigenvalue weighted by Crippen LogP contribution is -2.46. The molecule has 2 aromatic rings. The number of hydrogen-bond donors (Lipinski definition) is 2. The number of nitrogens with zero attached hydrogens (tertiary/aromatic N) is 1. The number of piperidine rings is 1. The van der Waals surface area contributed by atoms with Gasteiger partial charge >= 0.3 is 0 Å². The van der Waals surface area contributed by atoms with Gasteiger partial charge in [0.25, 0.3) is 5.91 Å². The predicted octanol–water partition coefficient (Wildman–Crippen LogP) is 2.95. The molecule has 0 spiro atoms. The van der Waals surface area contributed by atoms with Crippen molar-refractivity contribution in [1.29, 1.82) is 0 Å². The van der Waals surface area contributed by atoms with Gasteiger partial charge in [0, 0.05) is 29.2 Å². The van der Waals surface area contributed by atoms with Crippen molar-refractivity contribution in [3.63, 3.8) is 0 Å². The molecule has 1 saturated heterocycles. The number of benzene rings is 1. The number of hydrogen-bond acceptors (Lipinski definition) is 3. The first-order chi connectivity index (χ1) is 9.72. The van der Waals surface area contributed by atoms with Crippen molar-refractivity contribution in [3.8, 4) is 0 Å². The number of aromatic nitrogens is 1. The van der Waals surface area contributed by atoms with E-state index < -0.39 is 0 Å². The molecule has 4 nitrogen and oxygen atoms in total. The standard InChI is InChI=1S/C16H19N3O.2ClH/c1-11-9-14(6-8-17-11)19-16(20)13-4-5-15-12(10-13)3-2-7-18-15;;/h2-5,7,10-11,14,17H,6,8-9H2,1H3,(H,19,20);2*1H. The molecule has 1 aliphatic rings. The highest BCUT2D eigenvalue weighted by Crippen LogP contribution is 2.14. The minimum Gasteiger partial charge on any atom is -0.349 e. The Morgan fingerprint density at radius 1 is 1.32 bits per heavy atom. The zero-order chi connectivity index (χ0) is 13.9. The van der Waals surface area contributed by atoms with Crippen LogP contribution in [0.25, 0.3) is 10.9 Å². The van der Waals surface area contributed by atoms with Crippen molar-refractivity contribution in [1.82, 2.24) is 15.6 Å². The molecular weight excluding hydrogens is 321 g/mol. The van der Waals surface area contributed by atoms with Gasteiger partial charge in [0.15, 0.2) is 0 Å². The fraction of sp³-hybridized carbons (Fsp3) is 0.375. The Bertz CT molecular complexity index is 636. The van der Waals surface area contributed by atoms with Crippen LogP contribution < -0.4 is 10.6 Å². The Balaban J connectivity index is 0.00000121. The molecule has 2 N–H and O–H groups in total. The first-order valence-electron chi connectivity index (χ1n) is 7.11. The minimum absolute atomic E-state index is 0. The van der Waals surface area contributed by atoms with E-state index in [-0.39, 0.29) is 36.8 Å². The minimum atomic E-state index is 0. The molecule has 120 valence electrons. The van der Waals surface area contributed by atoms with Crippen molar-refractivity contribution < 1.29 is 4.79 Å². The molecule has 2 heterocycles. The summed E-state index contributed by atoms with van der Waals surface area (Å²) in [7, 11) is 0. The van der Waals surface area contributed by atoms with Gasteiger partial charge in [0.2, 0.25) is 0 Å². The van der Waals surface area contributed by atoms with Crippen molar-refractivity contribution in [2.24, 2.45) is 0 Å². The van der Waals surface area contributed by atoms with Crippen LogP contribution >= 0.6 is 24.8 Å². The molecule has 6 heteroatoms. The molecule has 3 rings (SSSR count). The Labute approximate surface area is 142 Å². The molecule has 1 amide bonds. The highest BCUT2D eigenvalue weighted by Gasteiger charge is 2.20. The quantitative estimate of drug-likeness (QED) is 0.882. The monoisotopic (exact) mass is 341 g/mol. The van der Waals surface area contributed by atoms with Gasteiger partial charge in [-0.05, 0) is 50.6 Å². The number of amides is 1. The van der Waals surface area contributed by atoms with E-state index in [2.05, 4.69) is 22.5 Å². The summed E-state index contributed by atoms with van der Waals surface area (Å²) in [4.78, 5) is 16.6. The number of carbonyl (C=O) groups is 1. The van der Waals surface area contributed by atoms with Gasteiger partial charge in [0.1, 0.15) is 0 Å². The molecular formula is C16H21Cl2N3O.